The number of hydrogen-bond acceptors (Lipinski definition) is 4. The number of piperazine rings is 1. The Kier molecular flexibility index (Phi) is 7.61. The maximum absolute atomic E-state index is 12.3. The zero-order valence-corrected chi connectivity index (χ0v) is 14.5. The molecule has 0 radical (unpaired) electrons. The van der Waals surface area contributed by atoms with Crippen LogP contribution < -0.4 is 0 Å². The second-order valence-electron chi connectivity index (χ2n) is 5.06. The van der Waals surface area contributed by atoms with E-state index in [4.69, 9.17) is 0 Å². The van der Waals surface area contributed by atoms with Crippen LogP contribution in [0, 0.1) is 0 Å². The highest BCUT2D eigenvalue weighted by atomic mass is 35.5. The molecule has 2 amide bonds. The molecular weight excluding hydrogens is 351 g/mol. The van der Waals surface area contributed by atoms with E-state index in [9.17, 15) is 9.59 Å². The van der Waals surface area contributed by atoms with Crippen molar-refractivity contribution in [1.82, 2.24) is 19.8 Å². The molecule has 6 nitrogen and oxygen atoms in total. The molecule has 24 heavy (non-hydrogen) atoms. The van der Waals surface area contributed by atoms with Gasteiger partial charge >= 0.3 is 0 Å². The third-order valence-corrected chi connectivity index (χ3v) is 3.71. The van der Waals surface area contributed by atoms with Crippen LogP contribution in [0.2, 0.25) is 0 Å². The van der Waals surface area contributed by atoms with Gasteiger partial charge in [0.15, 0.2) is 0 Å². The van der Waals surface area contributed by atoms with Crippen LogP contribution in [-0.2, 0) is 0 Å². The molecule has 3 heterocycles. The molecule has 3 rings (SSSR count). The van der Waals surface area contributed by atoms with E-state index >= 15 is 0 Å². The van der Waals surface area contributed by atoms with Gasteiger partial charge in [-0.25, -0.2) is 0 Å². The first-order valence-corrected chi connectivity index (χ1v) is 7.14. The fourth-order valence-electron chi connectivity index (χ4n) is 2.47. The number of hydrogen-bond donors (Lipinski definition) is 0. The number of rotatable bonds is 2. The smallest absolute Gasteiger partial charge is 0.254 e. The first kappa shape index (κ1) is 19.9. The number of carbonyl (C=O) groups excluding carboxylic acids is 2. The minimum absolute atomic E-state index is 0. The molecule has 8 heteroatoms. The lowest BCUT2D eigenvalue weighted by Crippen LogP contribution is -2.50. The van der Waals surface area contributed by atoms with E-state index in [-0.39, 0.29) is 36.6 Å². The topological polar surface area (TPSA) is 66.4 Å². The highest BCUT2D eigenvalue weighted by molar-refractivity contribution is 5.95. The molecule has 2 aromatic heterocycles. The van der Waals surface area contributed by atoms with Gasteiger partial charge in [-0.1, -0.05) is 0 Å². The van der Waals surface area contributed by atoms with Gasteiger partial charge in [-0.15, -0.1) is 24.8 Å². The number of amides is 2. The Balaban J connectivity index is 0.00000144. The summed E-state index contributed by atoms with van der Waals surface area (Å²) in [5.74, 6) is -0.0307. The normalized spacial score (nSPS) is 13.5. The van der Waals surface area contributed by atoms with Gasteiger partial charge in [0, 0.05) is 62.1 Å². The molecule has 0 aliphatic carbocycles. The van der Waals surface area contributed by atoms with Crippen molar-refractivity contribution in [2.24, 2.45) is 0 Å². The van der Waals surface area contributed by atoms with Crippen molar-refractivity contribution < 1.29 is 9.59 Å². The number of carbonyl (C=O) groups is 2. The minimum atomic E-state index is -0.0154. The zero-order valence-electron chi connectivity index (χ0n) is 12.9. The van der Waals surface area contributed by atoms with Crippen molar-refractivity contribution in [2.45, 2.75) is 0 Å². The molecule has 2 aromatic rings. The molecule has 128 valence electrons. The van der Waals surface area contributed by atoms with E-state index in [2.05, 4.69) is 9.97 Å². The summed E-state index contributed by atoms with van der Waals surface area (Å²) in [5, 5.41) is 0. The van der Waals surface area contributed by atoms with Crippen LogP contribution in [0.15, 0.2) is 49.1 Å². The molecule has 0 saturated carbocycles. The Morgan fingerprint density at radius 2 is 0.958 bits per heavy atom. The van der Waals surface area contributed by atoms with Crippen molar-refractivity contribution in [1.29, 1.82) is 0 Å². The number of pyridine rings is 2. The predicted molar refractivity (Wildman–Crippen MR) is 94.8 cm³/mol. The van der Waals surface area contributed by atoms with Gasteiger partial charge in [0.25, 0.3) is 11.8 Å². The van der Waals surface area contributed by atoms with Crippen LogP contribution in [0.4, 0.5) is 0 Å². The third kappa shape index (κ3) is 4.43. The lowest BCUT2D eigenvalue weighted by molar-refractivity contribution is 0.0535. The summed E-state index contributed by atoms with van der Waals surface area (Å²) in [5.41, 5.74) is 1.26. The van der Waals surface area contributed by atoms with Crippen LogP contribution in [0.5, 0.6) is 0 Å². The molecule has 0 aromatic carbocycles. The Morgan fingerprint density at radius 3 is 1.25 bits per heavy atom. The summed E-state index contributed by atoms with van der Waals surface area (Å²) < 4.78 is 0. The van der Waals surface area contributed by atoms with Crippen molar-refractivity contribution in [2.75, 3.05) is 26.2 Å². The molecule has 0 bridgehead atoms. The van der Waals surface area contributed by atoms with E-state index < -0.39 is 0 Å². The Bertz CT molecular complexity index is 603. The van der Waals surface area contributed by atoms with Crippen molar-refractivity contribution in [3.05, 3.63) is 60.2 Å². The SMILES string of the molecule is Cl.Cl.O=C(c1ccncc1)N1CCN(C(=O)c2ccncc2)CC1. The highest BCUT2D eigenvalue weighted by Gasteiger charge is 2.25. The van der Waals surface area contributed by atoms with Gasteiger partial charge in [0.2, 0.25) is 0 Å². The summed E-state index contributed by atoms with van der Waals surface area (Å²) in [6, 6.07) is 6.82. The molecule has 1 aliphatic heterocycles. The maximum Gasteiger partial charge on any atom is 0.254 e. The largest absolute Gasteiger partial charge is 0.335 e. The Hall–Kier alpha value is -2.18. The molecule has 0 N–H and O–H groups in total. The second kappa shape index (κ2) is 9.20. The van der Waals surface area contributed by atoms with Crippen molar-refractivity contribution in [3.8, 4) is 0 Å². The molecule has 1 fully saturated rings. The van der Waals surface area contributed by atoms with E-state index in [1.54, 1.807) is 58.9 Å². The summed E-state index contributed by atoms with van der Waals surface area (Å²) in [6.45, 7) is 2.16. The van der Waals surface area contributed by atoms with Gasteiger partial charge in [0.1, 0.15) is 0 Å². The molecule has 0 atom stereocenters. The molecule has 0 spiro atoms. The van der Waals surface area contributed by atoms with Crippen LogP contribution >= 0.6 is 24.8 Å². The van der Waals surface area contributed by atoms with E-state index in [0.717, 1.165) is 0 Å². The highest BCUT2D eigenvalue weighted by Crippen LogP contribution is 2.11. The molecule has 1 aliphatic rings. The average Bonchev–Trinajstić information content (AvgIpc) is 2.62. The van der Waals surface area contributed by atoms with E-state index in [1.165, 1.54) is 0 Å². The fourth-order valence-corrected chi connectivity index (χ4v) is 2.47. The molecular formula is C16H18Cl2N4O2. The lowest BCUT2D eigenvalue weighted by atomic mass is 10.2. The lowest BCUT2D eigenvalue weighted by Gasteiger charge is -2.34. The molecule has 1 saturated heterocycles. The first-order chi connectivity index (χ1) is 10.8. The summed E-state index contributed by atoms with van der Waals surface area (Å²) >= 11 is 0. The van der Waals surface area contributed by atoms with Gasteiger partial charge in [-0.3, -0.25) is 19.6 Å². The van der Waals surface area contributed by atoms with Gasteiger partial charge in [0.05, 0.1) is 0 Å². The van der Waals surface area contributed by atoms with Crippen LogP contribution in [0.25, 0.3) is 0 Å². The quantitative estimate of drug-likeness (QED) is 0.811. The number of nitrogens with zero attached hydrogens (tertiary/aromatic N) is 4. The number of halogens is 2. The minimum Gasteiger partial charge on any atom is -0.335 e. The Labute approximate surface area is 152 Å². The van der Waals surface area contributed by atoms with E-state index in [1.807, 2.05) is 0 Å². The van der Waals surface area contributed by atoms with Gasteiger partial charge < -0.3 is 9.80 Å². The fraction of sp³-hybridized carbons (Fsp3) is 0.250. The van der Waals surface area contributed by atoms with Gasteiger partial charge in [-0.05, 0) is 24.3 Å². The third-order valence-electron chi connectivity index (χ3n) is 3.71. The van der Waals surface area contributed by atoms with Crippen molar-refractivity contribution >= 4 is 36.6 Å². The predicted octanol–water partition coefficient (Wildman–Crippen LogP) is 1.92. The van der Waals surface area contributed by atoms with E-state index in [0.29, 0.717) is 37.3 Å². The maximum atomic E-state index is 12.3. The zero-order chi connectivity index (χ0) is 15.4. The standard InChI is InChI=1S/C16H16N4O2.2ClH/c21-15(13-1-5-17-6-2-13)19-9-11-20(12-10-19)16(22)14-3-7-18-8-4-14;;/h1-8H,9-12H2;2*1H. The second-order valence-corrected chi connectivity index (χ2v) is 5.06. The van der Waals surface area contributed by atoms with Crippen LogP contribution in [-0.4, -0.2) is 57.8 Å². The monoisotopic (exact) mass is 368 g/mol. The summed E-state index contributed by atoms with van der Waals surface area (Å²) in [4.78, 5) is 36.0. The average molecular weight is 369 g/mol. The first-order valence-electron chi connectivity index (χ1n) is 7.14. The van der Waals surface area contributed by atoms with Crippen LogP contribution in [0.1, 0.15) is 20.7 Å². The van der Waals surface area contributed by atoms with Crippen molar-refractivity contribution in [3.63, 3.8) is 0 Å². The summed E-state index contributed by atoms with van der Waals surface area (Å²) in [6.07, 6.45) is 6.43. The van der Waals surface area contributed by atoms with Gasteiger partial charge in [-0.2, -0.15) is 0 Å². The number of aromatic nitrogens is 2. The Morgan fingerprint density at radius 1 is 0.667 bits per heavy atom. The summed E-state index contributed by atoms with van der Waals surface area (Å²) in [7, 11) is 0. The molecule has 0 unspecified atom stereocenters. The van der Waals surface area contributed by atoms with Crippen LogP contribution in [0.3, 0.4) is 0 Å².